The van der Waals surface area contributed by atoms with Gasteiger partial charge in [0.1, 0.15) is 32.2 Å². The third-order valence-corrected chi connectivity index (χ3v) is 2.84. The average Bonchev–Trinajstić information content (AvgIpc) is 2.62. The van der Waals surface area contributed by atoms with Crippen LogP contribution in [0.1, 0.15) is 23.7 Å². The topological polar surface area (TPSA) is 88.1 Å². The van der Waals surface area contributed by atoms with Crippen molar-refractivity contribution < 1.29 is 33.3 Å². The molecule has 0 aromatic heterocycles. The zero-order valence-corrected chi connectivity index (χ0v) is 14.0. The Morgan fingerprint density at radius 2 is 1.60 bits per heavy atom. The zero-order valence-electron chi connectivity index (χ0n) is 14.0. The van der Waals surface area contributed by atoms with E-state index in [1.54, 1.807) is 31.2 Å². The Morgan fingerprint density at radius 3 is 2.20 bits per heavy atom. The molecule has 0 spiro atoms. The second-order valence-electron chi connectivity index (χ2n) is 4.61. The molecule has 0 atom stereocenters. The summed E-state index contributed by atoms with van der Waals surface area (Å²) in [7, 11) is 0. The molecule has 0 aliphatic carbocycles. The fourth-order valence-corrected chi connectivity index (χ4v) is 1.66. The highest BCUT2D eigenvalue weighted by Crippen LogP contribution is 2.13. The maximum atomic E-state index is 11.5. The third kappa shape index (κ3) is 8.39. The van der Waals surface area contributed by atoms with Crippen molar-refractivity contribution in [2.45, 2.75) is 13.3 Å². The number of rotatable bonds is 10. The van der Waals surface area contributed by atoms with Crippen LogP contribution in [0.3, 0.4) is 0 Å². The summed E-state index contributed by atoms with van der Waals surface area (Å²) in [4.78, 5) is 33.7. The molecule has 0 aliphatic rings. The van der Waals surface area contributed by atoms with Gasteiger partial charge in [0.15, 0.2) is 5.78 Å². The maximum Gasteiger partial charge on any atom is 0.508 e. The number of esters is 1. The van der Waals surface area contributed by atoms with Gasteiger partial charge >= 0.3 is 12.1 Å². The van der Waals surface area contributed by atoms with Crippen LogP contribution >= 0.6 is 0 Å². The average molecular weight is 348 g/mol. The number of benzene rings is 1. The number of hydrogen-bond acceptors (Lipinski definition) is 7. The van der Waals surface area contributed by atoms with E-state index in [1.165, 1.54) is 0 Å². The second kappa shape index (κ2) is 11.5. The van der Waals surface area contributed by atoms with E-state index in [0.717, 1.165) is 6.08 Å². The van der Waals surface area contributed by atoms with Crippen LogP contribution in [0.5, 0.6) is 5.75 Å². The smallest absolute Gasteiger partial charge is 0.490 e. The van der Waals surface area contributed by atoms with Crippen LogP contribution in [0.25, 0.3) is 0 Å². The van der Waals surface area contributed by atoms with E-state index in [0.29, 0.717) is 17.7 Å². The molecule has 134 valence electrons. The Balaban J connectivity index is 2.14. The summed E-state index contributed by atoms with van der Waals surface area (Å²) in [5.74, 6) is 0.00246. The Labute approximate surface area is 145 Å². The lowest BCUT2D eigenvalue weighted by Crippen LogP contribution is -2.16. The van der Waals surface area contributed by atoms with Crippen molar-refractivity contribution in [1.82, 2.24) is 0 Å². The fraction of sp³-hybridized carbons (Fsp3) is 0.333. The Kier molecular flexibility index (Phi) is 9.18. The summed E-state index contributed by atoms with van der Waals surface area (Å²) in [6.07, 6.45) is 0.587. The van der Waals surface area contributed by atoms with Crippen LogP contribution < -0.4 is 4.74 Å². The van der Waals surface area contributed by atoms with Gasteiger partial charge in [0.05, 0.1) is 6.08 Å². The predicted octanol–water partition coefficient (Wildman–Crippen LogP) is 2.70. The van der Waals surface area contributed by atoms with Crippen molar-refractivity contribution in [2.24, 2.45) is 0 Å². The number of ether oxygens (including phenoxy) is 4. The molecular weight excluding hydrogens is 328 g/mol. The van der Waals surface area contributed by atoms with Gasteiger partial charge in [-0.05, 0) is 24.3 Å². The number of Topliss-reactive ketones (excluding diaryl/α,β-unsaturated/α-hetero) is 1. The summed E-state index contributed by atoms with van der Waals surface area (Å²) >= 11 is 0. The molecule has 0 amide bonds. The highest BCUT2D eigenvalue weighted by molar-refractivity contribution is 5.95. The van der Waals surface area contributed by atoms with E-state index in [9.17, 15) is 14.4 Å². The minimum absolute atomic E-state index is 0.00648. The highest BCUT2D eigenvalue weighted by Gasteiger charge is 2.06. The van der Waals surface area contributed by atoms with Gasteiger partial charge in [-0.3, -0.25) is 4.79 Å². The van der Waals surface area contributed by atoms with Gasteiger partial charge < -0.3 is 18.9 Å². The van der Waals surface area contributed by atoms with Crippen LogP contribution in [-0.4, -0.2) is 44.3 Å². The molecule has 1 aromatic rings. The van der Waals surface area contributed by atoms with Gasteiger partial charge in [-0.2, -0.15) is 0 Å². The van der Waals surface area contributed by atoms with Crippen molar-refractivity contribution in [3.05, 3.63) is 48.2 Å². The van der Waals surface area contributed by atoms with Gasteiger partial charge in [-0.25, -0.2) is 9.59 Å². The molecule has 0 saturated carbocycles. The summed E-state index contributed by atoms with van der Waals surface area (Å²) in [5.41, 5.74) is 2.89. The molecule has 0 saturated heterocycles. The lowest BCUT2D eigenvalue weighted by atomic mass is 10.1. The van der Waals surface area contributed by atoms with E-state index in [2.05, 4.69) is 17.0 Å². The van der Waals surface area contributed by atoms with E-state index < -0.39 is 12.1 Å². The molecule has 0 N–H and O–H groups in total. The third-order valence-electron chi connectivity index (χ3n) is 2.84. The van der Waals surface area contributed by atoms with Gasteiger partial charge in [-0.15, -0.1) is 5.73 Å². The van der Waals surface area contributed by atoms with E-state index in [-0.39, 0.29) is 32.2 Å². The first-order valence-electron chi connectivity index (χ1n) is 7.65. The van der Waals surface area contributed by atoms with E-state index >= 15 is 0 Å². The van der Waals surface area contributed by atoms with Crippen LogP contribution in [0.15, 0.2) is 42.7 Å². The standard InChI is InChI=1S/C18H20O7/c1-3-5-17(20)23-11-13-25-18(21)24-12-10-22-15-8-6-14(7-9-15)16(19)4-2/h5-9H,1,4,10-13H2,2H3. The number of carbonyl (C=O) groups is 3. The van der Waals surface area contributed by atoms with Crippen molar-refractivity contribution >= 4 is 17.9 Å². The van der Waals surface area contributed by atoms with Gasteiger partial charge in [0.25, 0.3) is 0 Å². The molecule has 0 fully saturated rings. The quantitative estimate of drug-likeness (QED) is 0.211. The highest BCUT2D eigenvalue weighted by atomic mass is 16.7. The minimum Gasteiger partial charge on any atom is -0.490 e. The number of carbonyl (C=O) groups excluding carboxylic acids is 3. The van der Waals surface area contributed by atoms with Crippen LogP contribution in [-0.2, 0) is 19.0 Å². The molecule has 0 bridgehead atoms. The molecule has 7 nitrogen and oxygen atoms in total. The van der Waals surface area contributed by atoms with Gasteiger partial charge in [-0.1, -0.05) is 13.5 Å². The van der Waals surface area contributed by atoms with E-state index in [1.807, 2.05) is 0 Å². The molecule has 1 rings (SSSR count). The molecule has 0 aliphatic heterocycles. The lowest BCUT2D eigenvalue weighted by molar-refractivity contribution is -0.139. The first kappa shape index (κ1) is 20.0. The normalized spacial score (nSPS) is 9.48. The van der Waals surface area contributed by atoms with Crippen LogP contribution in [0, 0.1) is 0 Å². The van der Waals surface area contributed by atoms with Crippen molar-refractivity contribution in [3.63, 3.8) is 0 Å². The molecule has 7 heteroatoms. The lowest BCUT2D eigenvalue weighted by Gasteiger charge is -2.08. The molecule has 25 heavy (non-hydrogen) atoms. The summed E-state index contributed by atoms with van der Waals surface area (Å²) in [6.45, 7) is 4.93. The first-order valence-corrected chi connectivity index (χ1v) is 7.65. The van der Waals surface area contributed by atoms with Gasteiger partial charge in [0.2, 0.25) is 0 Å². The van der Waals surface area contributed by atoms with Crippen molar-refractivity contribution in [2.75, 3.05) is 26.4 Å². The Bertz CT molecular complexity index is 627. The Hall–Kier alpha value is -3.05. The van der Waals surface area contributed by atoms with Crippen LogP contribution in [0.2, 0.25) is 0 Å². The van der Waals surface area contributed by atoms with Crippen molar-refractivity contribution in [3.8, 4) is 5.75 Å². The minimum atomic E-state index is -0.886. The van der Waals surface area contributed by atoms with Gasteiger partial charge in [0, 0.05) is 12.0 Å². The monoisotopic (exact) mass is 348 g/mol. The van der Waals surface area contributed by atoms with Crippen molar-refractivity contribution in [1.29, 1.82) is 0 Å². The molecular formula is C18H20O7. The van der Waals surface area contributed by atoms with E-state index in [4.69, 9.17) is 14.2 Å². The van der Waals surface area contributed by atoms with Crippen LogP contribution in [0.4, 0.5) is 4.79 Å². The zero-order chi connectivity index (χ0) is 18.5. The summed E-state index contributed by atoms with van der Waals surface area (Å²) < 4.78 is 19.5. The molecule has 0 radical (unpaired) electrons. The SMILES string of the molecule is C=C=CC(=O)OCCOC(=O)OCCOc1ccc(C(=O)CC)cc1. The largest absolute Gasteiger partial charge is 0.508 e. The summed E-state index contributed by atoms with van der Waals surface area (Å²) in [5, 5.41) is 0. The first-order chi connectivity index (χ1) is 12.1. The predicted molar refractivity (Wildman–Crippen MR) is 88.5 cm³/mol. The molecule has 1 aromatic carbocycles. The maximum absolute atomic E-state index is 11.5. The Morgan fingerprint density at radius 1 is 1.00 bits per heavy atom. The summed E-state index contributed by atoms with van der Waals surface area (Å²) in [6, 6.07) is 6.71. The fourth-order valence-electron chi connectivity index (χ4n) is 1.66. The number of hydrogen-bond donors (Lipinski definition) is 0. The second-order valence-corrected chi connectivity index (χ2v) is 4.61. The number of ketones is 1. The molecule has 0 heterocycles. The molecule has 0 unspecified atom stereocenters.